The Balaban J connectivity index is 2.10. The molecule has 1 aliphatic rings. The highest BCUT2D eigenvalue weighted by Crippen LogP contribution is 2.19. The van der Waals surface area contributed by atoms with Gasteiger partial charge in [0.15, 0.2) is 0 Å². The highest BCUT2D eigenvalue weighted by atomic mass is 16.2. The lowest BCUT2D eigenvalue weighted by atomic mass is 10.0. The minimum absolute atomic E-state index is 0.0545. The Labute approximate surface area is 88.5 Å². The molecular weight excluding hydrogens is 190 g/mol. The molecule has 1 saturated heterocycles. The van der Waals surface area contributed by atoms with Crippen molar-refractivity contribution in [2.24, 2.45) is 0 Å². The van der Waals surface area contributed by atoms with Crippen molar-refractivity contribution in [2.45, 2.75) is 6.42 Å². The van der Waals surface area contributed by atoms with Gasteiger partial charge in [-0.25, -0.2) is 9.78 Å². The molecule has 0 aliphatic carbocycles. The molecule has 15 heavy (non-hydrogen) atoms. The number of hydrogen-bond donors (Lipinski definition) is 0. The first-order valence-corrected chi connectivity index (χ1v) is 4.81. The zero-order valence-electron chi connectivity index (χ0n) is 8.52. The highest BCUT2D eigenvalue weighted by Gasteiger charge is 2.21. The molecule has 0 aromatic carbocycles. The number of carbonyl (C=O) groups is 1. The summed E-state index contributed by atoms with van der Waals surface area (Å²) in [5.74, 6) is 0. The number of amides is 1. The first-order valence-electron chi connectivity index (χ1n) is 4.81. The Hall–Kier alpha value is -1.84. The van der Waals surface area contributed by atoms with Crippen LogP contribution in [0.15, 0.2) is 43.0 Å². The van der Waals surface area contributed by atoms with Gasteiger partial charge in [-0.15, -0.1) is 0 Å². The lowest BCUT2D eigenvalue weighted by Crippen LogP contribution is -2.39. The summed E-state index contributed by atoms with van der Waals surface area (Å²) < 4.78 is 1.47. The molecule has 0 saturated carbocycles. The maximum absolute atomic E-state index is 11.9. The van der Waals surface area contributed by atoms with E-state index in [1.165, 1.54) is 10.9 Å². The number of likely N-dealkylation sites (tertiary alicyclic amines) is 1. The molecule has 78 valence electrons. The first-order chi connectivity index (χ1) is 7.18. The van der Waals surface area contributed by atoms with Gasteiger partial charge in [0.05, 0.1) is 0 Å². The van der Waals surface area contributed by atoms with Gasteiger partial charge in [0.25, 0.3) is 0 Å². The van der Waals surface area contributed by atoms with Crippen LogP contribution in [-0.2, 0) is 0 Å². The molecular formula is C11H13N3O. The van der Waals surface area contributed by atoms with E-state index in [0.29, 0.717) is 13.1 Å². The zero-order valence-corrected chi connectivity index (χ0v) is 8.52. The minimum atomic E-state index is -0.0545. The average molecular weight is 203 g/mol. The van der Waals surface area contributed by atoms with Crippen LogP contribution >= 0.6 is 0 Å². The maximum Gasteiger partial charge on any atom is 0.329 e. The lowest BCUT2D eigenvalue weighted by molar-refractivity contribution is 0.202. The molecule has 0 radical (unpaired) electrons. The summed E-state index contributed by atoms with van der Waals surface area (Å²) in [4.78, 5) is 17.5. The molecule has 1 aromatic heterocycles. The Morgan fingerprint density at radius 3 is 2.80 bits per heavy atom. The number of carbonyl (C=O) groups excluding carboxylic acids is 1. The van der Waals surface area contributed by atoms with Gasteiger partial charge in [0.1, 0.15) is 6.33 Å². The second kappa shape index (κ2) is 3.73. The summed E-state index contributed by atoms with van der Waals surface area (Å²) in [6.45, 7) is 9.05. The minimum Gasteiger partial charge on any atom is -0.319 e. The van der Waals surface area contributed by atoms with E-state index >= 15 is 0 Å². The van der Waals surface area contributed by atoms with Crippen LogP contribution in [0.2, 0.25) is 0 Å². The normalized spacial score (nSPS) is 16.9. The Bertz CT molecular complexity index is 405. The lowest BCUT2D eigenvalue weighted by Gasteiger charge is -2.29. The van der Waals surface area contributed by atoms with E-state index in [9.17, 15) is 4.79 Å². The summed E-state index contributed by atoms with van der Waals surface area (Å²) >= 11 is 0. The third kappa shape index (κ3) is 1.83. The van der Waals surface area contributed by atoms with Gasteiger partial charge in [0, 0.05) is 25.5 Å². The second-order valence-corrected chi connectivity index (χ2v) is 3.63. The van der Waals surface area contributed by atoms with E-state index in [2.05, 4.69) is 18.1 Å². The molecule has 1 amide bonds. The molecule has 1 aromatic rings. The summed E-state index contributed by atoms with van der Waals surface area (Å²) in [7, 11) is 0. The topological polar surface area (TPSA) is 38.1 Å². The fourth-order valence-electron chi connectivity index (χ4n) is 1.57. The standard InChI is InChI=1S/C11H13N3O/c1-9-3-5-13(7-10(9)2)11(15)14-6-4-12-8-14/h4,6,8H,1-3,5,7H2. The predicted octanol–water partition coefficient (Wildman–Crippen LogP) is 1.67. The smallest absolute Gasteiger partial charge is 0.319 e. The molecule has 0 spiro atoms. The van der Waals surface area contributed by atoms with Crippen molar-refractivity contribution in [3.05, 3.63) is 43.0 Å². The van der Waals surface area contributed by atoms with Gasteiger partial charge in [-0.1, -0.05) is 13.2 Å². The van der Waals surface area contributed by atoms with Crippen molar-refractivity contribution in [2.75, 3.05) is 13.1 Å². The van der Waals surface area contributed by atoms with Crippen molar-refractivity contribution in [3.63, 3.8) is 0 Å². The number of rotatable bonds is 0. The number of hydrogen-bond acceptors (Lipinski definition) is 2. The SMILES string of the molecule is C=C1CCN(C(=O)n2ccnc2)CC1=C. The number of aromatic nitrogens is 2. The largest absolute Gasteiger partial charge is 0.329 e. The quantitative estimate of drug-likeness (QED) is 0.643. The first kappa shape index (κ1) is 9.71. The van der Waals surface area contributed by atoms with Crippen LogP contribution < -0.4 is 0 Å². The van der Waals surface area contributed by atoms with Gasteiger partial charge < -0.3 is 4.90 Å². The van der Waals surface area contributed by atoms with Crippen LogP contribution in [0.1, 0.15) is 6.42 Å². The Morgan fingerprint density at radius 1 is 1.40 bits per heavy atom. The Kier molecular flexibility index (Phi) is 2.41. The second-order valence-electron chi connectivity index (χ2n) is 3.63. The van der Waals surface area contributed by atoms with E-state index in [1.807, 2.05) is 0 Å². The van der Waals surface area contributed by atoms with E-state index in [4.69, 9.17) is 0 Å². The van der Waals surface area contributed by atoms with Crippen molar-refractivity contribution >= 4 is 6.03 Å². The summed E-state index contributed by atoms with van der Waals surface area (Å²) in [6.07, 6.45) is 5.55. The molecule has 0 bridgehead atoms. The molecule has 2 rings (SSSR count). The highest BCUT2D eigenvalue weighted by molar-refractivity contribution is 5.77. The summed E-state index contributed by atoms with van der Waals surface area (Å²) in [6, 6.07) is -0.0545. The fraction of sp³-hybridized carbons (Fsp3) is 0.273. The number of imidazole rings is 1. The van der Waals surface area contributed by atoms with Crippen molar-refractivity contribution in [1.82, 2.24) is 14.5 Å². The third-order valence-corrected chi connectivity index (χ3v) is 2.56. The maximum atomic E-state index is 11.9. The van der Waals surface area contributed by atoms with Crippen LogP contribution in [0, 0.1) is 0 Å². The van der Waals surface area contributed by atoms with E-state index in [1.54, 1.807) is 17.3 Å². The van der Waals surface area contributed by atoms with Gasteiger partial charge in [-0.2, -0.15) is 0 Å². The fourth-order valence-corrected chi connectivity index (χ4v) is 1.57. The van der Waals surface area contributed by atoms with Crippen LogP contribution in [0.4, 0.5) is 4.79 Å². The molecule has 1 aliphatic heterocycles. The molecule has 4 nitrogen and oxygen atoms in total. The van der Waals surface area contributed by atoms with Crippen LogP contribution in [0.5, 0.6) is 0 Å². The van der Waals surface area contributed by atoms with Crippen LogP contribution in [0.3, 0.4) is 0 Å². The van der Waals surface area contributed by atoms with Crippen molar-refractivity contribution in [3.8, 4) is 0 Å². The molecule has 0 N–H and O–H groups in total. The van der Waals surface area contributed by atoms with Gasteiger partial charge >= 0.3 is 6.03 Å². The molecule has 0 atom stereocenters. The van der Waals surface area contributed by atoms with Gasteiger partial charge in [-0.05, 0) is 17.6 Å². The third-order valence-electron chi connectivity index (χ3n) is 2.56. The summed E-state index contributed by atoms with van der Waals surface area (Å²) in [5, 5.41) is 0. The van der Waals surface area contributed by atoms with Crippen molar-refractivity contribution in [1.29, 1.82) is 0 Å². The number of piperidine rings is 1. The van der Waals surface area contributed by atoms with E-state index < -0.39 is 0 Å². The Morgan fingerprint density at radius 2 is 2.20 bits per heavy atom. The van der Waals surface area contributed by atoms with E-state index in [0.717, 1.165) is 17.6 Å². The average Bonchev–Trinajstić information content (AvgIpc) is 2.74. The van der Waals surface area contributed by atoms with Crippen molar-refractivity contribution < 1.29 is 4.79 Å². The predicted molar refractivity (Wildman–Crippen MR) is 57.5 cm³/mol. The monoisotopic (exact) mass is 203 g/mol. The molecule has 1 fully saturated rings. The van der Waals surface area contributed by atoms with E-state index in [-0.39, 0.29) is 6.03 Å². The molecule has 4 heteroatoms. The van der Waals surface area contributed by atoms with Crippen LogP contribution in [-0.4, -0.2) is 33.6 Å². The van der Waals surface area contributed by atoms with Gasteiger partial charge in [0.2, 0.25) is 0 Å². The molecule has 2 heterocycles. The van der Waals surface area contributed by atoms with Crippen LogP contribution in [0.25, 0.3) is 0 Å². The number of nitrogens with zero attached hydrogens (tertiary/aromatic N) is 3. The molecule has 0 unspecified atom stereocenters. The van der Waals surface area contributed by atoms with Gasteiger partial charge in [-0.3, -0.25) is 4.57 Å². The summed E-state index contributed by atoms with van der Waals surface area (Å²) in [5.41, 5.74) is 1.99. The zero-order chi connectivity index (χ0) is 10.8.